The Balaban J connectivity index is 4.27. The minimum absolute atomic E-state index is 0.0555. The number of carbonyl (C=O) groups is 2. The molecule has 0 aliphatic carbocycles. The standard InChI is InChI=1S/C10H18F2N2O4/c1-5(2)3-7(9(16)17)14-8(15)6(13)4-18-10(11)12/h5-7,10H,3-4,13H2,1-2H3,(H,14,15)(H,16,17). The number of aliphatic carboxylic acids is 1. The highest BCUT2D eigenvalue weighted by Gasteiger charge is 2.24. The second-order valence-corrected chi connectivity index (χ2v) is 4.23. The van der Waals surface area contributed by atoms with E-state index in [0.717, 1.165) is 0 Å². The Bertz CT molecular complexity index is 287. The SMILES string of the molecule is CC(C)CC(NC(=O)C(N)COC(F)F)C(=O)O. The van der Waals surface area contributed by atoms with Crippen LogP contribution in [0.25, 0.3) is 0 Å². The van der Waals surface area contributed by atoms with Gasteiger partial charge in [-0.15, -0.1) is 0 Å². The zero-order chi connectivity index (χ0) is 14.3. The molecule has 0 radical (unpaired) electrons. The van der Waals surface area contributed by atoms with Gasteiger partial charge in [-0.25, -0.2) is 4.79 Å². The van der Waals surface area contributed by atoms with Crippen LogP contribution in [0.3, 0.4) is 0 Å². The van der Waals surface area contributed by atoms with Crippen LogP contribution in [0.5, 0.6) is 0 Å². The molecule has 8 heteroatoms. The van der Waals surface area contributed by atoms with Crippen LogP contribution in [0, 0.1) is 5.92 Å². The van der Waals surface area contributed by atoms with Gasteiger partial charge in [0.2, 0.25) is 5.91 Å². The number of hydrogen-bond acceptors (Lipinski definition) is 4. The maximum Gasteiger partial charge on any atom is 0.345 e. The van der Waals surface area contributed by atoms with Gasteiger partial charge in [-0.1, -0.05) is 13.8 Å². The Morgan fingerprint density at radius 3 is 2.33 bits per heavy atom. The molecule has 0 bridgehead atoms. The molecule has 2 unspecified atom stereocenters. The van der Waals surface area contributed by atoms with Crippen molar-refractivity contribution in [2.75, 3.05) is 6.61 Å². The molecule has 0 saturated heterocycles. The summed E-state index contributed by atoms with van der Waals surface area (Å²) in [7, 11) is 0. The summed E-state index contributed by atoms with van der Waals surface area (Å²) in [5.41, 5.74) is 5.28. The topological polar surface area (TPSA) is 102 Å². The number of nitrogens with two attached hydrogens (primary N) is 1. The Morgan fingerprint density at radius 2 is 1.94 bits per heavy atom. The third-order valence-corrected chi connectivity index (χ3v) is 2.06. The Hall–Kier alpha value is -1.28. The normalized spacial score (nSPS) is 14.6. The highest BCUT2D eigenvalue weighted by molar-refractivity contribution is 5.86. The largest absolute Gasteiger partial charge is 0.480 e. The van der Waals surface area contributed by atoms with E-state index < -0.39 is 37.2 Å². The lowest BCUT2D eigenvalue weighted by Crippen LogP contribution is -2.50. The van der Waals surface area contributed by atoms with Crippen molar-refractivity contribution in [1.82, 2.24) is 5.32 Å². The molecule has 0 aromatic heterocycles. The quantitative estimate of drug-likeness (QED) is 0.582. The third-order valence-electron chi connectivity index (χ3n) is 2.06. The zero-order valence-corrected chi connectivity index (χ0v) is 10.2. The van der Waals surface area contributed by atoms with Gasteiger partial charge in [0, 0.05) is 0 Å². The fraction of sp³-hybridized carbons (Fsp3) is 0.800. The van der Waals surface area contributed by atoms with Crippen LogP contribution in [-0.4, -0.2) is 42.3 Å². The smallest absolute Gasteiger partial charge is 0.345 e. The zero-order valence-electron chi connectivity index (χ0n) is 10.2. The maximum atomic E-state index is 11.7. The van der Waals surface area contributed by atoms with E-state index in [9.17, 15) is 18.4 Å². The van der Waals surface area contributed by atoms with Crippen molar-refractivity contribution in [3.05, 3.63) is 0 Å². The van der Waals surface area contributed by atoms with Crippen LogP contribution in [0.1, 0.15) is 20.3 Å². The van der Waals surface area contributed by atoms with E-state index in [1.165, 1.54) is 0 Å². The lowest BCUT2D eigenvalue weighted by molar-refractivity contribution is -0.147. The summed E-state index contributed by atoms with van der Waals surface area (Å²) in [6.45, 7) is -0.101. The molecule has 4 N–H and O–H groups in total. The average Bonchev–Trinajstić information content (AvgIpc) is 2.23. The summed E-state index contributed by atoms with van der Waals surface area (Å²) in [4.78, 5) is 22.3. The van der Waals surface area contributed by atoms with Gasteiger partial charge in [-0.05, 0) is 12.3 Å². The summed E-state index contributed by atoms with van der Waals surface area (Å²) in [5.74, 6) is -1.97. The van der Waals surface area contributed by atoms with Gasteiger partial charge in [0.05, 0.1) is 6.61 Å². The molecule has 0 heterocycles. The predicted molar refractivity (Wildman–Crippen MR) is 59.0 cm³/mol. The Labute approximate surface area is 103 Å². The molecule has 0 aromatic rings. The van der Waals surface area contributed by atoms with Crippen molar-refractivity contribution in [1.29, 1.82) is 0 Å². The van der Waals surface area contributed by atoms with Crippen LogP contribution in [0.4, 0.5) is 8.78 Å². The number of alkyl halides is 2. The summed E-state index contributed by atoms with van der Waals surface area (Å²) in [6.07, 6.45) is 0.226. The van der Waals surface area contributed by atoms with Crippen molar-refractivity contribution < 1.29 is 28.2 Å². The van der Waals surface area contributed by atoms with Crippen molar-refractivity contribution in [3.8, 4) is 0 Å². The summed E-state index contributed by atoms with van der Waals surface area (Å²) in [6, 6.07) is -2.41. The first kappa shape index (κ1) is 16.7. The van der Waals surface area contributed by atoms with E-state index in [2.05, 4.69) is 10.1 Å². The molecule has 0 aromatic carbocycles. The summed E-state index contributed by atoms with van der Waals surface area (Å²) < 4.78 is 27.3. The van der Waals surface area contributed by atoms with Crippen molar-refractivity contribution >= 4 is 11.9 Å². The van der Waals surface area contributed by atoms with E-state index in [1.54, 1.807) is 13.8 Å². The van der Waals surface area contributed by atoms with Crippen LogP contribution in [0.2, 0.25) is 0 Å². The molecule has 0 spiro atoms. The number of amides is 1. The molecule has 106 valence electrons. The first-order valence-corrected chi connectivity index (χ1v) is 5.42. The second-order valence-electron chi connectivity index (χ2n) is 4.23. The van der Waals surface area contributed by atoms with E-state index in [4.69, 9.17) is 10.8 Å². The fourth-order valence-electron chi connectivity index (χ4n) is 1.22. The molecular weight excluding hydrogens is 250 g/mol. The second kappa shape index (κ2) is 7.93. The molecule has 18 heavy (non-hydrogen) atoms. The number of halogens is 2. The molecule has 1 amide bonds. The lowest BCUT2D eigenvalue weighted by atomic mass is 10.0. The van der Waals surface area contributed by atoms with Crippen molar-refractivity contribution in [2.45, 2.75) is 39.0 Å². The number of rotatable bonds is 8. The van der Waals surface area contributed by atoms with Crippen LogP contribution in [-0.2, 0) is 14.3 Å². The van der Waals surface area contributed by atoms with Crippen LogP contribution >= 0.6 is 0 Å². The number of carboxylic acids is 1. The predicted octanol–water partition coefficient (Wildman–Crippen LogP) is 0.168. The number of carboxylic acid groups (broad SMARTS) is 1. The van der Waals surface area contributed by atoms with Gasteiger partial charge in [-0.3, -0.25) is 4.79 Å². The lowest BCUT2D eigenvalue weighted by Gasteiger charge is -2.19. The fourth-order valence-corrected chi connectivity index (χ4v) is 1.22. The third kappa shape index (κ3) is 7.13. The molecule has 0 rings (SSSR count). The van der Waals surface area contributed by atoms with E-state index in [0.29, 0.717) is 0 Å². The van der Waals surface area contributed by atoms with Gasteiger partial charge >= 0.3 is 12.6 Å². The van der Waals surface area contributed by atoms with Crippen LogP contribution in [0.15, 0.2) is 0 Å². The molecule has 0 aliphatic rings. The first-order valence-electron chi connectivity index (χ1n) is 5.42. The Morgan fingerprint density at radius 1 is 1.39 bits per heavy atom. The van der Waals surface area contributed by atoms with Crippen molar-refractivity contribution in [2.24, 2.45) is 11.7 Å². The average molecular weight is 268 g/mol. The van der Waals surface area contributed by atoms with Gasteiger partial charge in [-0.2, -0.15) is 8.78 Å². The molecule has 6 nitrogen and oxygen atoms in total. The van der Waals surface area contributed by atoms with Crippen LogP contribution < -0.4 is 11.1 Å². The minimum atomic E-state index is -3.02. The first-order chi connectivity index (χ1) is 8.23. The minimum Gasteiger partial charge on any atom is -0.480 e. The highest BCUT2D eigenvalue weighted by atomic mass is 19.3. The van der Waals surface area contributed by atoms with E-state index in [-0.39, 0.29) is 12.3 Å². The van der Waals surface area contributed by atoms with Crippen molar-refractivity contribution in [3.63, 3.8) is 0 Å². The molecular formula is C10H18F2N2O4. The number of carbonyl (C=O) groups excluding carboxylic acids is 1. The Kier molecular flexibility index (Phi) is 7.37. The number of nitrogens with one attached hydrogen (secondary N) is 1. The van der Waals surface area contributed by atoms with Gasteiger partial charge in [0.25, 0.3) is 0 Å². The highest BCUT2D eigenvalue weighted by Crippen LogP contribution is 2.05. The van der Waals surface area contributed by atoms with E-state index >= 15 is 0 Å². The molecule has 0 saturated carbocycles. The summed E-state index contributed by atoms with van der Waals surface area (Å²) >= 11 is 0. The number of ether oxygens (including phenoxy) is 1. The molecule has 0 fully saturated rings. The van der Waals surface area contributed by atoms with E-state index in [1.807, 2.05) is 0 Å². The molecule has 0 aliphatic heterocycles. The maximum absolute atomic E-state index is 11.7. The van der Waals surface area contributed by atoms with Gasteiger partial charge < -0.3 is 20.9 Å². The number of hydrogen-bond donors (Lipinski definition) is 3. The monoisotopic (exact) mass is 268 g/mol. The van der Waals surface area contributed by atoms with Gasteiger partial charge in [0.15, 0.2) is 0 Å². The van der Waals surface area contributed by atoms with Gasteiger partial charge in [0.1, 0.15) is 12.1 Å². The molecule has 2 atom stereocenters. The summed E-state index contributed by atoms with van der Waals surface area (Å²) in [5, 5.41) is 11.0.